The van der Waals surface area contributed by atoms with Gasteiger partial charge < -0.3 is 5.32 Å². The van der Waals surface area contributed by atoms with E-state index in [2.05, 4.69) is 21.2 Å². The molecule has 18 heavy (non-hydrogen) atoms. The molecule has 0 saturated heterocycles. The third-order valence-corrected chi connectivity index (χ3v) is 3.97. The maximum absolute atomic E-state index is 13.3. The third kappa shape index (κ3) is 2.97. The number of nitrogens with one attached hydrogen (secondary N) is 1. The van der Waals surface area contributed by atoms with Crippen LogP contribution in [0.25, 0.3) is 0 Å². The number of hydrogen-bond donors (Lipinski definition) is 1. The van der Waals surface area contributed by atoms with Crippen molar-refractivity contribution in [1.82, 2.24) is 0 Å². The molecule has 2 aromatic carbocycles. The Labute approximate surface area is 123 Å². The summed E-state index contributed by atoms with van der Waals surface area (Å²) < 4.78 is 13.8. The van der Waals surface area contributed by atoms with E-state index in [9.17, 15) is 4.39 Å². The van der Waals surface area contributed by atoms with E-state index < -0.39 is 0 Å². The Morgan fingerprint density at radius 3 is 2.33 bits per heavy atom. The van der Waals surface area contributed by atoms with Crippen LogP contribution in [0.3, 0.4) is 0 Å². The number of para-hydroxylation sites is 1. The highest BCUT2D eigenvalue weighted by molar-refractivity contribution is 9.10. The fraction of sp³-hybridized carbons (Fsp3) is 0.0769. The second kappa shape index (κ2) is 5.91. The van der Waals surface area contributed by atoms with Crippen molar-refractivity contribution in [2.45, 2.75) is 6.54 Å². The van der Waals surface area contributed by atoms with Gasteiger partial charge in [-0.1, -0.05) is 41.4 Å². The molecule has 0 aromatic heterocycles. The van der Waals surface area contributed by atoms with E-state index in [1.807, 2.05) is 6.07 Å². The molecule has 0 saturated carbocycles. The highest BCUT2D eigenvalue weighted by atomic mass is 79.9. The second-order valence-corrected chi connectivity index (χ2v) is 5.27. The topological polar surface area (TPSA) is 12.0 Å². The summed E-state index contributed by atoms with van der Waals surface area (Å²) in [6, 6.07) is 10.1. The predicted octanol–water partition coefficient (Wildman–Crippen LogP) is 5.51. The number of rotatable bonds is 3. The number of anilines is 1. The quantitative estimate of drug-likeness (QED) is 0.771. The normalized spacial score (nSPS) is 10.4. The monoisotopic (exact) mass is 347 g/mol. The Kier molecular flexibility index (Phi) is 4.49. The molecule has 1 N–H and O–H groups in total. The molecule has 0 amide bonds. The lowest BCUT2D eigenvalue weighted by atomic mass is 10.2. The van der Waals surface area contributed by atoms with E-state index in [0.717, 1.165) is 5.56 Å². The number of hydrogen-bond acceptors (Lipinski definition) is 1. The summed E-state index contributed by atoms with van der Waals surface area (Å²) >= 11 is 15.3. The van der Waals surface area contributed by atoms with Gasteiger partial charge in [0.05, 0.1) is 20.2 Å². The van der Waals surface area contributed by atoms with Gasteiger partial charge in [-0.25, -0.2) is 4.39 Å². The highest BCUT2D eigenvalue weighted by Crippen LogP contribution is 2.31. The number of halogens is 4. The maximum Gasteiger partial charge on any atom is 0.137 e. The third-order valence-electron chi connectivity index (χ3n) is 2.45. The molecular formula is C13H9BrCl2FN. The van der Waals surface area contributed by atoms with Crippen molar-refractivity contribution in [3.8, 4) is 0 Å². The highest BCUT2D eigenvalue weighted by Gasteiger charge is 2.08. The zero-order valence-electron chi connectivity index (χ0n) is 9.18. The van der Waals surface area contributed by atoms with E-state index in [1.54, 1.807) is 24.3 Å². The van der Waals surface area contributed by atoms with Crippen molar-refractivity contribution in [2.24, 2.45) is 0 Å². The standard InChI is InChI=1S/C13H9BrCl2FN/c14-12-8(3-1-6-11(12)17)7-18-13-9(15)4-2-5-10(13)16/h1-6,18H,7H2. The molecule has 0 aliphatic rings. The predicted molar refractivity (Wildman–Crippen MR) is 77.9 cm³/mol. The van der Waals surface area contributed by atoms with Gasteiger partial charge in [-0.05, 0) is 39.7 Å². The van der Waals surface area contributed by atoms with Crippen LogP contribution in [-0.4, -0.2) is 0 Å². The second-order valence-electron chi connectivity index (χ2n) is 3.66. The summed E-state index contributed by atoms with van der Waals surface area (Å²) in [5.74, 6) is -0.292. The molecular weight excluding hydrogens is 340 g/mol. The van der Waals surface area contributed by atoms with Gasteiger partial charge in [0.2, 0.25) is 0 Å². The summed E-state index contributed by atoms with van der Waals surface area (Å²) in [5.41, 5.74) is 1.45. The molecule has 0 aliphatic heterocycles. The maximum atomic E-state index is 13.3. The molecule has 0 atom stereocenters. The Bertz CT molecular complexity index is 555. The molecule has 5 heteroatoms. The van der Waals surface area contributed by atoms with Gasteiger partial charge in [0, 0.05) is 6.54 Å². The first kappa shape index (κ1) is 13.7. The van der Waals surface area contributed by atoms with Gasteiger partial charge in [0.25, 0.3) is 0 Å². The molecule has 0 bridgehead atoms. The summed E-state index contributed by atoms with van der Waals surface area (Å²) in [4.78, 5) is 0. The zero-order valence-corrected chi connectivity index (χ0v) is 12.3. The van der Waals surface area contributed by atoms with E-state index >= 15 is 0 Å². The molecule has 2 rings (SSSR count). The van der Waals surface area contributed by atoms with Crippen LogP contribution in [0.2, 0.25) is 10.0 Å². The fourth-order valence-corrected chi connectivity index (χ4v) is 2.47. The van der Waals surface area contributed by atoms with E-state index in [0.29, 0.717) is 26.8 Å². The van der Waals surface area contributed by atoms with Gasteiger partial charge in [-0.15, -0.1) is 0 Å². The molecule has 0 spiro atoms. The van der Waals surface area contributed by atoms with Crippen LogP contribution in [0.1, 0.15) is 5.56 Å². The zero-order chi connectivity index (χ0) is 13.1. The molecule has 0 heterocycles. The lowest BCUT2D eigenvalue weighted by Crippen LogP contribution is -2.02. The van der Waals surface area contributed by atoms with Crippen LogP contribution in [-0.2, 0) is 6.54 Å². The number of benzene rings is 2. The van der Waals surface area contributed by atoms with Crippen LogP contribution in [0, 0.1) is 5.82 Å². The van der Waals surface area contributed by atoms with Gasteiger partial charge in [0.1, 0.15) is 5.82 Å². The molecule has 0 unspecified atom stereocenters. The largest absolute Gasteiger partial charge is 0.379 e. The SMILES string of the molecule is Fc1cccc(CNc2c(Cl)cccc2Cl)c1Br. The Hall–Kier alpha value is -0.770. The minimum absolute atomic E-state index is 0.292. The average Bonchev–Trinajstić information content (AvgIpc) is 2.33. The van der Waals surface area contributed by atoms with Gasteiger partial charge >= 0.3 is 0 Å². The first-order valence-corrected chi connectivity index (χ1v) is 6.75. The minimum atomic E-state index is -0.292. The molecule has 0 aliphatic carbocycles. The average molecular weight is 349 g/mol. The molecule has 0 fully saturated rings. The first-order valence-electron chi connectivity index (χ1n) is 5.20. The first-order chi connectivity index (χ1) is 8.59. The van der Waals surface area contributed by atoms with Crippen molar-refractivity contribution in [2.75, 3.05) is 5.32 Å². The summed E-state index contributed by atoms with van der Waals surface area (Å²) in [7, 11) is 0. The summed E-state index contributed by atoms with van der Waals surface area (Å²) in [6.07, 6.45) is 0. The fourth-order valence-electron chi connectivity index (χ4n) is 1.54. The van der Waals surface area contributed by atoms with Crippen LogP contribution >= 0.6 is 39.1 Å². The van der Waals surface area contributed by atoms with Crippen LogP contribution in [0.15, 0.2) is 40.9 Å². The molecule has 2 aromatic rings. The van der Waals surface area contributed by atoms with Crippen LogP contribution < -0.4 is 5.32 Å². The Morgan fingerprint density at radius 1 is 1.06 bits per heavy atom. The van der Waals surface area contributed by atoms with Crippen molar-refractivity contribution in [1.29, 1.82) is 0 Å². The van der Waals surface area contributed by atoms with E-state index in [1.165, 1.54) is 6.07 Å². The molecule has 94 valence electrons. The molecule has 0 radical (unpaired) electrons. The minimum Gasteiger partial charge on any atom is -0.379 e. The van der Waals surface area contributed by atoms with E-state index in [4.69, 9.17) is 23.2 Å². The van der Waals surface area contributed by atoms with E-state index in [-0.39, 0.29) is 5.82 Å². The van der Waals surface area contributed by atoms with Crippen molar-refractivity contribution in [3.63, 3.8) is 0 Å². The van der Waals surface area contributed by atoms with Crippen molar-refractivity contribution >= 4 is 44.8 Å². The van der Waals surface area contributed by atoms with Crippen LogP contribution in [0.4, 0.5) is 10.1 Å². The summed E-state index contributed by atoms with van der Waals surface area (Å²) in [5, 5.41) is 4.18. The van der Waals surface area contributed by atoms with Gasteiger partial charge in [-0.2, -0.15) is 0 Å². The molecule has 1 nitrogen and oxygen atoms in total. The summed E-state index contributed by atoms with van der Waals surface area (Å²) in [6.45, 7) is 0.432. The van der Waals surface area contributed by atoms with Gasteiger partial charge in [-0.3, -0.25) is 0 Å². The van der Waals surface area contributed by atoms with Crippen molar-refractivity contribution < 1.29 is 4.39 Å². The lowest BCUT2D eigenvalue weighted by molar-refractivity contribution is 0.618. The van der Waals surface area contributed by atoms with Crippen LogP contribution in [0.5, 0.6) is 0 Å². The smallest absolute Gasteiger partial charge is 0.137 e. The Morgan fingerprint density at radius 2 is 1.67 bits per heavy atom. The van der Waals surface area contributed by atoms with Crippen molar-refractivity contribution in [3.05, 3.63) is 62.3 Å². The Balaban J connectivity index is 2.19. The van der Waals surface area contributed by atoms with Gasteiger partial charge in [0.15, 0.2) is 0 Å². The lowest BCUT2D eigenvalue weighted by Gasteiger charge is -2.11.